The molecule has 1 aromatic heterocycles. The van der Waals surface area contributed by atoms with E-state index in [9.17, 15) is 9.59 Å². The highest BCUT2D eigenvalue weighted by Gasteiger charge is 2.27. The fraction of sp³-hybridized carbons (Fsp3) is 0.0909. The summed E-state index contributed by atoms with van der Waals surface area (Å²) in [5.74, 6) is 1.19. The molecule has 6 nitrogen and oxygen atoms in total. The van der Waals surface area contributed by atoms with Gasteiger partial charge in [0.15, 0.2) is 12.4 Å². The number of anilines is 1. The Bertz CT molecular complexity index is 1090. The SMILES string of the molecule is COc1ccccc1NC(=O)COc1ccc2c(c1)OC(=Cc1cccs1)C2=O. The van der Waals surface area contributed by atoms with Crippen molar-refractivity contribution in [3.05, 3.63) is 76.2 Å². The zero-order valence-corrected chi connectivity index (χ0v) is 16.3. The Morgan fingerprint density at radius 2 is 2.03 bits per heavy atom. The van der Waals surface area contributed by atoms with Crippen LogP contribution in [-0.4, -0.2) is 25.4 Å². The van der Waals surface area contributed by atoms with Crippen LogP contribution in [-0.2, 0) is 4.79 Å². The van der Waals surface area contributed by atoms with Crippen molar-refractivity contribution < 1.29 is 23.8 Å². The van der Waals surface area contributed by atoms with Crippen molar-refractivity contribution in [2.24, 2.45) is 0 Å². The maximum absolute atomic E-state index is 12.5. The Morgan fingerprint density at radius 1 is 1.17 bits per heavy atom. The standard InChI is InChI=1S/C22H17NO5S/c1-26-18-7-3-2-6-17(18)23-21(24)13-27-14-8-9-16-19(11-14)28-20(22(16)25)12-15-5-4-10-29-15/h2-12H,13H2,1H3,(H,23,24). The molecule has 3 aromatic rings. The molecule has 1 N–H and O–H groups in total. The van der Waals surface area contributed by atoms with E-state index in [4.69, 9.17) is 14.2 Å². The van der Waals surface area contributed by atoms with E-state index in [1.807, 2.05) is 23.6 Å². The average Bonchev–Trinajstić information content (AvgIpc) is 3.35. The molecule has 4 rings (SSSR count). The van der Waals surface area contributed by atoms with Crippen molar-refractivity contribution in [2.45, 2.75) is 0 Å². The summed E-state index contributed by atoms with van der Waals surface area (Å²) in [5.41, 5.74) is 1.04. The monoisotopic (exact) mass is 407 g/mol. The Labute approximate surface area is 171 Å². The number of para-hydroxylation sites is 2. The minimum absolute atomic E-state index is 0.172. The third-order valence-corrected chi connectivity index (χ3v) is 5.03. The molecule has 0 unspecified atom stereocenters. The largest absolute Gasteiger partial charge is 0.495 e. The highest BCUT2D eigenvalue weighted by Crippen LogP contribution is 2.35. The van der Waals surface area contributed by atoms with Crippen LogP contribution in [0.1, 0.15) is 15.2 Å². The Kier molecular flexibility index (Phi) is 5.31. The normalized spacial score (nSPS) is 13.7. The maximum atomic E-state index is 12.5. The Balaban J connectivity index is 1.41. The zero-order valence-electron chi connectivity index (χ0n) is 15.5. The summed E-state index contributed by atoms with van der Waals surface area (Å²) in [7, 11) is 1.54. The maximum Gasteiger partial charge on any atom is 0.262 e. The number of methoxy groups -OCH3 is 1. The molecular formula is C22H17NO5S. The summed E-state index contributed by atoms with van der Waals surface area (Å²) in [6.45, 7) is -0.192. The van der Waals surface area contributed by atoms with Gasteiger partial charge >= 0.3 is 0 Å². The van der Waals surface area contributed by atoms with Crippen LogP contribution in [0.5, 0.6) is 17.2 Å². The van der Waals surface area contributed by atoms with Crippen LogP contribution in [0.25, 0.3) is 6.08 Å². The van der Waals surface area contributed by atoms with E-state index in [-0.39, 0.29) is 24.1 Å². The molecule has 1 aliphatic heterocycles. The molecule has 0 atom stereocenters. The third-order valence-electron chi connectivity index (χ3n) is 4.21. The lowest BCUT2D eigenvalue weighted by atomic mass is 10.1. The lowest BCUT2D eigenvalue weighted by molar-refractivity contribution is -0.118. The lowest BCUT2D eigenvalue weighted by Crippen LogP contribution is -2.20. The van der Waals surface area contributed by atoms with E-state index >= 15 is 0 Å². The molecule has 1 amide bonds. The second kappa shape index (κ2) is 8.20. The van der Waals surface area contributed by atoms with Gasteiger partial charge in [0, 0.05) is 17.0 Å². The number of hydrogen-bond donors (Lipinski definition) is 1. The number of rotatable bonds is 6. The number of hydrogen-bond acceptors (Lipinski definition) is 6. The van der Waals surface area contributed by atoms with Crippen molar-refractivity contribution in [1.29, 1.82) is 0 Å². The van der Waals surface area contributed by atoms with E-state index in [2.05, 4.69) is 5.32 Å². The number of thiophene rings is 1. The number of fused-ring (bicyclic) bond motifs is 1. The molecule has 2 heterocycles. The summed E-state index contributed by atoms with van der Waals surface area (Å²) >= 11 is 1.52. The molecule has 0 radical (unpaired) electrons. The zero-order chi connectivity index (χ0) is 20.2. The quantitative estimate of drug-likeness (QED) is 0.614. The minimum Gasteiger partial charge on any atom is -0.495 e. The van der Waals surface area contributed by atoms with E-state index in [0.717, 1.165) is 4.88 Å². The molecule has 2 aromatic carbocycles. The number of carbonyl (C=O) groups is 2. The summed E-state index contributed by atoms with van der Waals surface area (Å²) in [4.78, 5) is 25.6. The van der Waals surface area contributed by atoms with E-state index in [1.165, 1.54) is 18.4 Å². The first-order valence-electron chi connectivity index (χ1n) is 8.81. The molecule has 0 fully saturated rings. The topological polar surface area (TPSA) is 73.9 Å². The van der Waals surface area contributed by atoms with Gasteiger partial charge in [0.1, 0.15) is 17.2 Å². The van der Waals surface area contributed by atoms with Crippen molar-refractivity contribution in [3.8, 4) is 17.2 Å². The fourth-order valence-corrected chi connectivity index (χ4v) is 3.49. The lowest BCUT2D eigenvalue weighted by Gasteiger charge is -2.11. The van der Waals surface area contributed by atoms with Crippen molar-refractivity contribution in [1.82, 2.24) is 0 Å². The summed E-state index contributed by atoms with van der Waals surface area (Å²) in [5, 5.41) is 4.67. The van der Waals surface area contributed by atoms with E-state index in [1.54, 1.807) is 42.5 Å². The number of benzene rings is 2. The summed E-state index contributed by atoms with van der Waals surface area (Å²) < 4.78 is 16.4. The predicted molar refractivity (Wildman–Crippen MR) is 111 cm³/mol. The Hall–Kier alpha value is -3.58. The molecule has 7 heteroatoms. The molecular weight excluding hydrogens is 390 g/mol. The second-order valence-corrected chi connectivity index (χ2v) is 7.13. The third kappa shape index (κ3) is 4.14. The average molecular weight is 407 g/mol. The minimum atomic E-state index is -0.328. The molecule has 0 saturated heterocycles. The van der Waals surface area contributed by atoms with Gasteiger partial charge in [0.2, 0.25) is 5.78 Å². The summed E-state index contributed by atoms with van der Waals surface area (Å²) in [6.07, 6.45) is 1.72. The van der Waals surface area contributed by atoms with Crippen LogP contribution in [0.4, 0.5) is 5.69 Å². The smallest absolute Gasteiger partial charge is 0.262 e. The number of amides is 1. The predicted octanol–water partition coefficient (Wildman–Crippen LogP) is 4.39. The fourth-order valence-electron chi connectivity index (χ4n) is 2.84. The number of nitrogens with one attached hydrogen (secondary N) is 1. The van der Waals surface area contributed by atoms with Gasteiger partial charge in [-0.25, -0.2) is 0 Å². The summed E-state index contributed by atoms with van der Waals surface area (Å²) in [6, 6.07) is 15.8. The number of carbonyl (C=O) groups excluding carboxylic acids is 2. The van der Waals surface area contributed by atoms with Crippen LogP contribution in [0.2, 0.25) is 0 Å². The van der Waals surface area contributed by atoms with Crippen LogP contribution in [0, 0.1) is 0 Å². The molecule has 0 spiro atoms. The van der Waals surface area contributed by atoms with Gasteiger partial charge in [-0.15, -0.1) is 11.3 Å². The first-order chi connectivity index (χ1) is 14.1. The van der Waals surface area contributed by atoms with Crippen LogP contribution in [0.3, 0.4) is 0 Å². The van der Waals surface area contributed by atoms with E-state index < -0.39 is 0 Å². The van der Waals surface area contributed by atoms with Gasteiger partial charge in [0.25, 0.3) is 5.91 Å². The van der Waals surface area contributed by atoms with Gasteiger partial charge in [0.05, 0.1) is 18.4 Å². The van der Waals surface area contributed by atoms with E-state index in [0.29, 0.717) is 28.5 Å². The van der Waals surface area contributed by atoms with Crippen LogP contribution >= 0.6 is 11.3 Å². The molecule has 0 bridgehead atoms. The van der Waals surface area contributed by atoms with Gasteiger partial charge in [-0.3, -0.25) is 9.59 Å². The van der Waals surface area contributed by atoms with Gasteiger partial charge < -0.3 is 19.5 Å². The first-order valence-corrected chi connectivity index (χ1v) is 9.69. The molecule has 146 valence electrons. The highest BCUT2D eigenvalue weighted by molar-refractivity contribution is 7.10. The highest BCUT2D eigenvalue weighted by atomic mass is 32.1. The van der Waals surface area contributed by atoms with Gasteiger partial charge in [-0.2, -0.15) is 0 Å². The molecule has 0 saturated carbocycles. The number of ether oxygens (including phenoxy) is 3. The number of Topliss-reactive ketones (excluding diaryl/α,β-unsaturated/α-hetero) is 1. The molecule has 29 heavy (non-hydrogen) atoms. The molecule has 1 aliphatic rings. The first kappa shape index (κ1) is 18.8. The van der Waals surface area contributed by atoms with Crippen LogP contribution in [0.15, 0.2) is 65.7 Å². The van der Waals surface area contributed by atoms with Gasteiger partial charge in [-0.1, -0.05) is 18.2 Å². The van der Waals surface area contributed by atoms with Crippen molar-refractivity contribution in [2.75, 3.05) is 19.0 Å². The Morgan fingerprint density at radius 3 is 2.83 bits per heavy atom. The van der Waals surface area contributed by atoms with Crippen molar-refractivity contribution >= 4 is 34.8 Å². The van der Waals surface area contributed by atoms with Crippen LogP contribution < -0.4 is 19.5 Å². The van der Waals surface area contributed by atoms with Gasteiger partial charge in [-0.05, 0) is 35.7 Å². The molecule has 0 aliphatic carbocycles. The number of ketones is 1. The van der Waals surface area contributed by atoms with Crippen molar-refractivity contribution in [3.63, 3.8) is 0 Å². The number of allylic oxidation sites excluding steroid dienone is 1. The second-order valence-electron chi connectivity index (χ2n) is 6.15.